The van der Waals surface area contributed by atoms with Gasteiger partial charge in [0.1, 0.15) is 5.75 Å². The van der Waals surface area contributed by atoms with Gasteiger partial charge in [0.15, 0.2) is 0 Å². The van der Waals surface area contributed by atoms with Crippen molar-refractivity contribution < 1.29 is 4.74 Å². The van der Waals surface area contributed by atoms with E-state index in [1.54, 1.807) is 13.2 Å². The molecule has 0 saturated heterocycles. The van der Waals surface area contributed by atoms with Gasteiger partial charge in [0.05, 0.1) is 17.2 Å². The summed E-state index contributed by atoms with van der Waals surface area (Å²) in [5, 5.41) is 4.47. The van der Waals surface area contributed by atoms with E-state index < -0.39 is 0 Å². The molecule has 0 aromatic heterocycles. The topological polar surface area (TPSA) is 21.3 Å². The number of nitrogens with one attached hydrogen (secondary N) is 1. The Hall–Kier alpha value is -1.22. The highest BCUT2D eigenvalue weighted by Gasteiger charge is 2.11. The maximum atomic E-state index is 6.32. The third kappa shape index (κ3) is 3.26. The lowest BCUT2D eigenvalue weighted by Crippen LogP contribution is -2.12. The van der Waals surface area contributed by atoms with E-state index in [4.69, 9.17) is 27.9 Å². The third-order valence-corrected chi connectivity index (χ3v) is 3.94. The Morgan fingerprint density at radius 3 is 2.60 bits per heavy atom. The van der Waals surface area contributed by atoms with Crippen molar-refractivity contribution >= 4 is 23.2 Å². The van der Waals surface area contributed by atoms with Gasteiger partial charge in [0.25, 0.3) is 0 Å². The van der Waals surface area contributed by atoms with Crippen molar-refractivity contribution in [3.63, 3.8) is 0 Å². The van der Waals surface area contributed by atoms with Crippen LogP contribution in [0.4, 0.5) is 0 Å². The van der Waals surface area contributed by atoms with Gasteiger partial charge in [-0.25, -0.2) is 0 Å². The fourth-order valence-electron chi connectivity index (χ4n) is 2.08. The van der Waals surface area contributed by atoms with E-state index in [1.807, 2.05) is 30.3 Å². The molecule has 20 heavy (non-hydrogen) atoms. The summed E-state index contributed by atoms with van der Waals surface area (Å²) in [7, 11) is 1.67. The lowest BCUT2D eigenvalue weighted by atomic mass is 9.99. The molecule has 1 N–H and O–H groups in total. The molecule has 0 aliphatic carbocycles. The third-order valence-electron chi connectivity index (χ3n) is 3.12. The molecular weight excluding hydrogens is 293 g/mol. The van der Waals surface area contributed by atoms with Crippen molar-refractivity contribution in [2.45, 2.75) is 13.5 Å². The standard InChI is InChI=1S/C16H17Cl2NO/c1-3-19-10-11-9-12(20-2)7-8-13(11)14-5-4-6-15(17)16(14)18/h4-9,19H,3,10H2,1-2H3. The SMILES string of the molecule is CCNCc1cc(OC)ccc1-c1cccc(Cl)c1Cl. The molecule has 2 aromatic carbocycles. The minimum absolute atomic E-state index is 0.564. The zero-order valence-corrected chi connectivity index (χ0v) is 13.1. The van der Waals surface area contributed by atoms with Gasteiger partial charge in [0, 0.05) is 12.1 Å². The number of hydrogen-bond acceptors (Lipinski definition) is 2. The van der Waals surface area contributed by atoms with Crippen LogP contribution in [0, 0.1) is 0 Å². The molecule has 2 nitrogen and oxygen atoms in total. The quantitative estimate of drug-likeness (QED) is 0.858. The lowest BCUT2D eigenvalue weighted by molar-refractivity contribution is 0.414. The lowest BCUT2D eigenvalue weighted by Gasteiger charge is -2.14. The summed E-state index contributed by atoms with van der Waals surface area (Å²) in [4.78, 5) is 0. The molecule has 0 amide bonds. The molecule has 0 saturated carbocycles. The summed E-state index contributed by atoms with van der Waals surface area (Å²) in [6.45, 7) is 3.73. The Balaban J connectivity index is 2.51. The first-order valence-electron chi connectivity index (χ1n) is 6.49. The normalized spacial score (nSPS) is 10.6. The van der Waals surface area contributed by atoms with Gasteiger partial charge >= 0.3 is 0 Å². The summed E-state index contributed by atoms with van der Waals surface area (Å²) >= 11 is 12.4. The van der Waals surface area contributed by atoms with Gasteiger partial charge in [-0.05, 0) is 35.9 Å². The fraction of sp³-hybridized carbons (Fsp3) is 0.250. The molecule has 0 aliphatic rings. The first-order chi connectivity index (χ1) is 9.67. The Morgan fingerprint density at radius 1 is 1.10 bits per heavy atom. The van der Waals surface area contributed by atoms with Crippen molar-refractivity contribution in [2.75, 3.05) is 13.7 Å². The van der Waals surface area contributed by atoms with Crippen LogP contribution in [0.15, 0.2) is 36.4 Å². The number of hydrogen-bond donors (Lipinski definition) is 1. The van der Waals surface area contributed by atoms with Crippen molar-refractivity contribution in [1.82, 2.24) is 5.32 Å². The molecule has 0 atom stereocenters. The van der Waals surface area contributed by atoms with Gasteiger partial charge in [0.2, 0.25) is 0 Å². The summed E-state index contributed by atoms with van der Waals surface area (Å²) in [6, 6.07) is 11.7. The fourth-order valence-corrected chi connectivity index (χ4v) is 2.48. The highest BCUT2D eigenvalue weighted by molar-refractivity contribution is 6.43. The number of ether oxygens (including phenoxy) is 1. The molecule has 0 bridgehead atoms. The van der Waals surface area contributed by atoms with E-state index in [0.717, 1.165) is 35.5 Å². The summed E-state index contributed by atoms with van der Waals surface area (Å²) in [6.07, 6.45) is 0. The Bertz CT molecular complexity index is 599. The van der Waals surface area contributed by atoms with Crippen molar-refractivity contribution in [3.8, 4) is 16.9 Å². The van der Waals surface area contributed by atoms with Gasteiger partial charge in [-0.1, -0.05) is 48.3 Å². The van der Waals surface area contributed by atoms with Crippen LogP contribution in [0.1, 0.15) is 12.5 Å². The van der Waals surface area contributed by atoms with Gasteiger partial charge in [-0.15, -0.1) is 0 Å². The number of rotatable bonds is 5. The van der Waals surface area contributed by atoms with Crippen LogP contribution in [0.5, 0.6) is 5.75 Å². The van der Waals surface area contributed by atoms with Crippen LogP contribution in [-0.2, 0) is 6.54 Å². The smallest absolute Gasteiger partial charge is 0.119 e. The average Bonchev–Trinajstić information content (AvgIpc) is 2.48. The van der Waals surface area contributed by atoms with Crippen molar-refractivity contribution in [3.05, 3.63) is 52.0 Å². The summed E-state index contributed by atoms with van der Waals surface area (Å²) < 4.78 is 5.29. The second-order valence-corrected chi connectivity index (χ2v) is 5.19. The highest BCUT2D eigenvalue weighted by Crippen LogP contribution is 2.36. The molecule has 0 unspecified atom stereocenters. The first-order valence-corrected chi connectivity index (χ1v) is 7.25. The zero-order chi connectivity index (χ0) is 14.5. The van der Waals surface area contributed by atoms with E-state index in [0.29, 0.717) is 10.0 Å². The second kappa shape index (κ2) is 6.98. The van der Waals surface area contributed by atoms with Crippen molar-refractivity contribution in [1.29, 1.82) is 0 Å². The molecule has 4 heteroatoms. The number of methoxy groups -OCH3 is 1. The van der Waals surface area contributed by atoms with E-state index in [-0.39, 0.29) is 0 Å². The monoisotopic (exact) mass is 309 g/mol. The zero-order valence-electron chi connectivity index (χ0n) is 11.5. The predicted octanol–water partition coefficient (Wildman–Crippen LogP) is 4.78. The van der Waals surface area contributed by atoms with E-state index >= 15 is 0 Å². The molecule has 0 heterocycles. The van der Waals surface area contributed by atoms with Gasteiger partial charge in [-0.3, -0.25) is 0 Å². The maximum absolute atomic E-state index is 6.32. The maximum Gasteiger partial charge on any atom is 0.119 e. The van der Waals surface area contributed by atoms with Crippen LogP contribution in [-0.4, -0.2) is 13.7 Å². The van der Waals surface area contributed by atoms with Crippen LogP contribution in [0.3, 0.4) is 0 Å². The van der Waals surface area contributed by atoms with Crippen LogP contribution in [0.2, 0.25) is 10.0 Å². The molecule has 0 radical (unpaired) electrons. The van der Waals surface area contributed by atoms with Crippen molar-refractivity contribution in [2.24, 2.45) is 0 Å². The molecule has 2 rings (SSSR count). The molecular formula is C16H17Cl2NO. The molecule has 0 aliphatic heterocycles. The Labute approximate surface area is 129 Å². The van der Waals surface area contributed by atoms with E-state index in [9.17, 15) is 0 Å². The Kier molecular flexibility index (Phi) is 5.30. The first kappa shape index (κ1) is 15.2. The van der Waals surface area contributed by atoms with Gasteiger partial charge in [-0.2, -0.15) is 0 Å². The van der Waals surface area contributed by atoms with E-state index in [1.165, 1.54) is 0 Å². The molecule has 2 aromatic rings. The second-order valence-electron chi connectivity index (χ2n) is 4.40. The van der Waals surface area contributed by atoms with Gasteiger partial charge < -0.3 is 10.1 Å². The summed E-state index contributed by atoms with van der Waals surface area (Å²) in [5.74, 6) is 0.833. The average molecular weight is 310 g/mol. The van der Waals surface area contributed by atoms with Crippen LogP contribution in [0.25, 0.3) is 11.1 Å². The minimum Gasteiger partial charge on any atom is -0.497 e. The van der Waals surface area contributed by atoms with Crippen LogP contribution >= 0.6 is 23.2 Å². The predicted molar refractivity (Wildman–Crippen MR) is 85.8 cm³/mol. The highest BCUT2D eigenvalue weighted by atomic mass is 35.5. The minimum atomic E-state index is 0.564. The van der Waals surface area contributed by atoms with Crippen LogP contribution < -0.4 is 10.1 Å². The summed E-state index contributed by atoms with van der Waals surface area (Å²) in [5.41, 5.74) is 3.14. The molecule has 0 fully saturated rings. The Morgan fingerprint density at radius 2 is 1.90 bits per heavy atom. The number of halogens is 2. The largest absolute Gasteiger partial charge is 0.497 e. The van der Waals surface area contributed by atoms with E-state index in [2.05, 4.69) is 12.2 Å². The molecule has 0 spiro atoms. The molecule has 106 valence electrons. The number of benzene rings is 2.